The van der Waals surface area contributed by atoms with Gasteiger partial charge in [-0.15, -0.1) is 0 Å². The van der Waals surface area contributed by atoms with Gasteiger partial charge in [0.15, 0.2) is 0 Å². The van der Waals surface area contributed by atoms with Gasteiger partial charge in [-0.1, -0.05) is 17.7 Å². The van der Waals surface area contributed by atoms with E-state index in [1.807, 2.05) is 26.0 Å². The van der Waals surface area contributed by atoms with Gasteiger partial charge in [0.05, 0.1) is 10.7 Å². The summed E-state index contributed by atoms with van der Waals surface area (Å²) in [6.45, 7) is 3.91. The highest BCUT2D eigenvalue weighted by Gasteiger charge is 2.08. The molecule has 7 heteroatoms. The second-order valence-electron chi connectivity index (χ2n) is 3.94. The highest BCUT2D eigenvalue weighted by atomic mass is 35.5. The summed E-state index contributed by atoms with van der Waals surface area (Å²) in [6.07, 6.45) is 0. The number of anilines is 4. The van der Waals surface area contributed by atoms with Crippen LogP contribution in [0.25, 0.3) is 0 Å². The first kappa shape index (κ1) is 12.4. The molecule has 5 N–H and O–H groups in total. The summed E-state index contributed by atoms with van der Waals surface area (Å²) in [7, 11) is 0. The van der Waals surface area contributed by atoms with Crippen molar-refractivity contribution in [3.63, 3.8) is 0 Å². The van der Waals surface area contributed by atoms with Crippen LogP contribution in [0.3, 0.4) is 0 Å². The van der Waals surface area contributed by atoms with Crippen LogP contribution in [0.2, 0.25) is 5.02 Å². The van der Waals surface area contributed by atoms with Crippen LogP contribution in [0.15, 0.2) is 12.1 Å². The van der Waals surface area contributed by atoms with E-state index in [1.165, 1.54) is 0 Å². The molecule has 0 saturated heterocycles. The molecule has 0 aliphatic carbocycles. The number of halogens is 1. The maximum Gasteiger partial charge on any atom is 0.233 e. The van der Waals surface area contributed by atoms with Gasteiger partial charge in [0, 0.05) is 0 Å². The molecule has 0 bridgehead atoms. The monoisotopic (exact) mass is 264 g/mol. The van der Waals surface area contributed by atoms with Gasteiger partial charge in [-0.2, -0.15) is 15.0 Å². The molecule has 0 atom stereocenters. The number of nitrogen functional groups attached to an aromatic ring is 2. The second kappa shape index (κ2) is 4.66. The van der Waals surface area contributed by atoms with Crippen LogP contribution >= 0.6 is 11.6 Å². The molecule has 0 saturated carbocycles. The first-order valence-electron chi connectivity index (χ1n) is 5.26. The summed E-state index contributed by atoms with van der Waals surface area (Å²) in [5.74, 6) is 0.394. The Hall–Kier alpha value is -2.08. The van der Waals surface area contributed by atoms with Crippen LogP contribution in [-0.4, -0.2) is 15.0 Å². The van der Waals surface area contributed by atoms with Crippen molar-refractivity contribution >= 4 is 35.1 Å². The summed E-state index contributed by atoms with van der Waals surface area (Å²) in [5.41, 5.74) is 13.8. The molecular formula is C11H13ClN6. The molecule has 1 heterocycles. The fourth-order valence-electron chi connectivity index (χ4n) is 1.65. The van der Waals surface area contributed by atoms with Gasteiger partial charge in [0.1, 0.15) is 0 Å². The van der Waals surface area contributed by atoms with Crippen molar-refractivity contribution in [1.82, 2.24) is 15.0 Å². The lowest BCUT2D eigenvalue weighted by Gasteiger charge is -2.11. The predicted octanol–water partition coefficient (Wildman–Crippen LogP) is 2.05. The third kappa shape index (κ3) is 2.60. The Morgan fingerprint density at radius 3 is 2.22 bits per heavy atom. The van der Waals surface area contributed by atoms with Crippen molar-refractivity contribution in [3.05, 3.63) is 28.3 Å². The van der Waals surface area contributed by atoms with E-state index in [4.69, 9.17) is 23.1 Å². The van der Waals surface area contributed by atoms with E-state index in [2.05, 4.69) is 20.3 Å². The van der Waals surface area contributed by atoms with Crippen LogP contribution in [-0.2, 0) is 0 Å². The predicted molar refractivity (Wildman–Crippen MR) is 72.9 cm³/mol. The largest absolute Gasteiger partial charge is 0.368 e. The van der Waals surface area contributed by atoms with E-state index >= 15 is 0 Å². The average molecular weight is 265 g/mol. The van der Waals surface area contributed by atoms with Crippen molar-refractivity contribution in [2.75, 3.05) is 16.8 Å². The maximum atomic E-state index is 6.17. The highest BCUT2D eigenvalue weighted by Crippen LogP contribution is 2.29. The van der Waals surface area contributed by atoms with Crippen molar-refractivity contribution in [1.29, 1.82) is 0 Å². The highest BCUT2D eigenvalue weighted by molar-refractivity contribution is 6.33. The van der Waals surface area contributed by atoms with E-state index in [9.17, 15) is 0 Å². The number of aromatic nitrogens is 3. The lowest BCUT2D eigenvalue weighted by molar-refractivity contribution is 1.08. The van der Waals surface area contributed by atoms with Crippen molar-refractivity contribution in [3.8, 4) is 0 Å². The molecule has 94 valence electrons. The first-order valence-corrected chi connectivity index (χ1v) is 5.64. The fraction of sp³-hybridized carbons (Fsp3) is 0.182. The summed E-state index contributed by atoms with van der Waals surface area (Å²) >= 11 is 6.17. The zero-order chi connectivity index (χ0) is 13.3. The SMILES string of the molecule is Cc1cc(C)c(Nc2nc(N)nc(N)n2)c(Cl)c1. The molecular weight excluding hydrogens is 252 g/mol. The van der Waals surface area contributed by atoms with Crippen molar-refractivity contribution < 1.29 is 0 Å². The molecule has 0 aliphatic rings. The minimum atomic E-state index is 0.0610. The number of aryl methyl sites for hydroxylation is 2. The first-order chi connectivity index (χ1) is 8.45. The van der Waals surface area contributed by atoms with E-state index < -0.39 is 0 Å². The summed E-state index contributed by atoms with van der Waals surface area (Å²) in [5, 5.41) is 3.58. The molecule has 1 aromatic heterocycles. The van der Waals surface area contributed by atoms with Crippen LogP contribution in [0.5, 0.6) is 0 Å². The van der Waals surface area contributed by atoms with E-state index in [-0.39, 0.29) is 17.8 Å². The Morgan fingerprint density at radius 2 is 1.67 bits per heavy atom. The van der Waals surface area contributed by atoms with Gasteiger partial charge in [0.25, 0.3) is 0 Å². The Balaban J connectivity index is 2.40. The average Bonchev–Trinajstić information content (AvgIpc) is 2.22. The minimum Gasteiger partial charge on any atom is -0.368 e. The van der Waals surface area contributed by atoms with Crippen LogP contribution in [0.1, 0.15) is 11.1 Å². The van der Waals surface area contributed by atoms with Gasteiger partial charge < -0.3 is 16.8 Å². The fourth-order valence-corrected chi connectivity index (χ4v) is 2.02. The molecule has 0 radical (unpaired) electrons. The van der Waals surface area contributed by atoms with Crippen LogP contribution in [0, 0.1) is 13.8 Å². The van der Waals surface area contributed by atoms with Gasteiger partial charge in [-0.05, 0) is 31.0 Å². The van der Waals surface area contributed by atoms with E-state index in [0.29, 0.717) is 5.02 Å². The number of nitrogens with zero attached hydrogens (tertiary/aromatic N) is 3. The Bertz CT molecular complexity index is 555. The Morgan fingerprint density at radius 1 is 1.06 bits per heavy atom. The van der Waals surface area contributed by atoms with Crippen LogP contribution in [0.4, 0.5) is 23.5 Å². The third-order valence-corrected chi connectivity index (χ3v) is 2.64. The maximum absolute atomic E-state index is 6.17. The van der Waals surface area contributed by atoms with E-state index in [0.717, 1.165) is 16.8 Å². The van der Waals surface area contributed by atoms with Gasteiger partial charge >= 0.3 is 0 Å². The van der Waals surface area contributed by atoms with E-state index in [1.54, 1.807) is 0 Å². The third-order valence-electron chi connectivity index (χ3n) is 2.34. The lowest BCUT2D eigenvalue weighted by Crippen LogP contribution is -2.07. The number of rotatable bonds is 2. The molecule has 6 nitrogen and oxygen atoms in total. The quantitative estimate of drug-likeness (QED) is 0.767. The van der Waals surface area contributed by atoms with Gasteiger partial charge in [-0.25, -0.2) is 0 Å². The standard InChI is InChI=1S/C11H13ClN6/c1-5-3-6(2)8(7(12)4-5)15-11-17-9(13)16-10(14)18-11/h3-4H,1-2H3,(H5,13,14,15,16,17,18). The number of hydrogen-bond donors (Lipinski definition) is 3. The molecule has 0 unspecified atom stereocenters. The number of benzene rings is 1. The molecule has 0 spiro atoms. The molecule has 2 aromatic rings. The Kier molecular flexibility index (Phi) is 3.20. The lowest BCUT2D eigenvalue weighted by atomic mass is 10.1. The number of nitrogens with two attached hydrogens (primary N) is 2. The van der Waals surface area contributed by atoms with Crippen molar-refractivity contribution in [2.24, 2.45) is 0 Å². The topological polar surface area (TPSA) is 103 Å². The van der Waals surface area contributed by atoms with Gasteiger partial charge in [0.2, 0.25) is 17.8 Å². The minimum absolute atomic E-state index is 0.0610. The van der Waals surface area contributed by atoms with Crippen molar-refractivity contribution in [2.45, 2.75) is 13.8 Å². The second-order valence-corrected chi connectivity index (χ2v) is 4.35. The molecule has 0 amide bonds. The summed E-state index contributed by atoms with van der Waals surface area (Å²) < 4.78 is 0. The molecule has 1 aromatic carbocycles. The van der Waals surface area contributed by atoms with Gasteiger partial charge in [-0.3, -0.25) is 0 Å². The van der Waals surface area contributed by atoms with Crippen LogP contribution < -0.4 is 16.8 Å². The molecule has 0 fully saturated rings. The summed E-state index contributed by atoms with van der Waals surface area (Å²) in [4.78, 5) is 11.6. The zero-order valence-corrected chi connectivity index (χ0v) is 10.8. The Labute approximate surface area is 109 Å². The normalized spacial score (nSPS) is 10.4. The zero-order valence-electron chi connectivity index (χ0n) is 10.0. The molecule has 2 rings (SSSR count). The molecule has 18 heavy (non-hydrogen) atoms. The number of nitrogens with one attached hydrogen (secondary N) is 1. The number of hydrogen-bond acceptors (Lipinski definition) is 6. The smallest absolute Gasteiger partial charge is 0.233 e. The summed E-state index contributed by atoms with van der Waals surface area (Å²) in [6, 6.07) is 3.85. The molecule has 0 aliphatic heterocycles.